The van der Waals surface area contributed by atoms with Gasteiger partial charge in [0.05, 0.1) is 5.69 Å². The molecule has 2 aromatic rings. The Labute approximate surface area is 136 Å². The number of amides is 1. The van der Waals surface area contributed by atoms with E-state index in [1.54, 1.807) is 7.11 Å². The molecule has 0 N–H and O–H groups in total. The molecule has 5 atom stereocenters. The Balaban J connectivity index is 1.66. The summed E-state index contributed by atoms with van der Waals surface area (Å²) >= 11 is 0. The summed E-state index contributed by atoms with van der Waals surface area (Å²) in [5, 5.41) is 2.31. The van der Waals surface area contributed by atoms with E-state index in [9.17, 15) is 4.79 Å². The maximum atomic E-state index is 13.2. The second-order valence-electron chi connectivity index (χ2n) is 7.27. The predicted octanol–water partition coefficient (Wildman–Crippen LogP) is 3.82. The lowest BCUT2D eigenvalue weighted by molar-refractivity contribution is -0.122. The van der Waals surface area contributed by atoms with Gasteiger partial charge in [-0.05, 0) is 42.6 Å². The van der Waals surface area contributed by atoms with E-state index in [-0.39, 0.29) is 18.1 Å². The van der Waals surface area contributed by atoms with Crippen molar-refractivity contribution in [1.29, 1.82) is 0 Å². The first kappa shape index (κ1) is 13.6. The molecule has 3 heteroatoms. The molecule has 1 aliphatic heterocycles. The van der Waals surface area contributed by atoms with Gasteiger partial charge in [0.15, 0.2) is 0 Å². The van der Waals surface area contributed by atoms with Crippen molar-refractivity contribution in [1.82, 2.24) is 0 Å². The van der Waals surface area contributed by atoms with Crippen LogP contribution in [0.25, 0.3) is 10.8 Å². The molecule has 5 rings (SSSR count). The van der Waals surface area contributed by atoms with Crippen molar-refractivity contribution in [3.63, 3.8) is 0 Å². The second-order valence-corrected chi connectivity index (χ2v) is 7.27. The van der Waals surface area contributed by atoms with Crippen molar-refractivity contribution in [2.45, 2.75) is 25.5 Å². The standard InChI is InChI=1S/C20H21NO2/c1-23-20-18-14-10-9-13(11-14)17(18)19(22)21(20)16-8-4-6-12-5-2-3-7-15(12)16/h2-8,13-14,17-18,20H,9-11H2,1H3/t13-,14+,17-,18+,20?/m1/s1. The fourth-order valence-electron chi connectivity index (χ4n) is 5.51. The molecular weight excluding hydrogens is 286 g/mol. The van der Waals surface area contributed by atoms with Gasteiger partial charge >= 0.3 is 0 Å². The summed E-state index contributed by atoms with van der Waals surface area (Å²) in [6.07, 6.45) is 3.61. The van der Waals surface area contributed by atoms with Crippen LogP contribution in [-0.2, 0) is 9.53 Å². The number of anilines is 1. The Hall–Kier alpha value is -1.87. The van der Waals surface area contributed by atoms with E-state index in [0.717, 1.165) is 11.1 Å². The molecular formula is C20H21NO2. The molecule has 3 fully saturated rings. The molecule has 0 spiro atoms. The molecule has 0 aromatic heterocycles. The third-order valence-corrected chi connectivity index (χ3v) is 6.35. The maximum Gasteiger partial charge on any atom is 0.232 e. The molecule has 3 aliphatic rings. The fraction of sp³-hybridized carbons (Fsp3) is 0.450. The van der Waals surface area contributed by atoms with Gasteiger partial charge in [-0.25, -0.2) is 0 Å². The number of hydrogen-bond donors (Lipinski definition) is 0. The highest BCUT2D eigenvalue weighted by Crippen LogP contribution is 2.58. The largest absolute Gasteiger partial charge is 0.361 e. The first-order chi connectivity index (χ1) is 11.3. The summed E-state index contributed by atoms with van der Waals surface area (Å²) in [5.41, 5.74) is 1.01. The summed E-state index contributed by atoms with van der Waals surface area (Å²) in [6.45, 7) is 0. The summed E-state index contributed by atoms with van der Waals surface area (Å²) in [6, 6.07) is 14.5. The van der Waals surface area contributed by atoms with Crippen LogP contribution in [0.15, 0.2) is 42.5 Å². The number of rotatable bonds is 2. The van der Waals surface area contributed by atoms with Crippen LogP contribution in [0.4, 0.5) is 5.69 Å². The minimum atomic E-state index is -0.103. The van der Waals surface area contributed by atoms with Gasteiger partial charge in [0.2, 0.25) is 5.91 Å². The Morgan fingerprint density at radius 3 is 2.70 bits per heavy atom. The van der Waals surface area contributed by atoms with Crippen LogP contribution < -0.4 is 4.90 Å². The number of nitrogens with zero attached hydrogens (tertiary/aromatic N) is 1. The van der Waals surface area contributed by atoms with E-state index in [1.807, 2.05) is 23.1 Å². The molecule has 118 valence electrons. The highest BCUT2D eigenvalue weighted by molar-refractivity contribution is 6.06. The first-order valence-electron chi connectivity index (χ1n) is 8.63. The van der Waals surface area contributed by atoms with Crippen LogP contribution in [0.2, 0.25) is 0 Å². The number of carbonyl (C=O) groups excluding carboxylic acids is 1. The average molecular weight is 307 g/mol. The molecule has 2 bridgehead atoms. The number of ether oxygens (including phenoxy) is 1. The van der Waals surface area contributed by atoms with Crippen molar-refractivity contribution in [2.24, 2.45) is 23.7 Å². The van der Waals surface area contributed by atoms with Crippen molar-refractivity contribution in [3.05, 3.63) is 42.5 Å². The zero-order valence-electron chi connectivity index (χ0n) is 13.3. The molecule has 2 aliphatic carbocycles. The predicted molar refractivity (Wildman–Crippen MR) is 90.0 cm³/mol. The summed E-state index contributed by atoms with van der Waals surface area (Å²) in [4.78, 5) is 15.2. The van der Waals surface area contributed by atoms with Gasteiger partial charge in [-0.1, -0.05) is 36.4 Å². The number of carbonyl (C=O) groups is 1. The lowest BCUT2D eigenvalue weighted by atomic mass is 9.81. The van der Waals surface area contributed by atoms with Crippen molar-refractivity contribution in [3.8, 4) is 0 Å². The third-order valence-electron chi connectivity index (χ3n) is 6.35. The average Bonchev–Trinajstić information content (AvgIpc) is 3.26. The number of hydrogen-bond acceptors (Lipinski definition) is 2. The minimum Gasteiger partial charge on any atom is -0.361 e. The van der Waals surface area contributed by atoms with Crippen molar-refractivity contribution < 1.29 is 9.53 Å². The molecule has 23 heavy (non-hydrogen) atoms. The van der Waals surface area contributed by atoms with Gasteiger partial charge in [0.1, 0.15) is 6.23 Å². The number of fused-ring (bicyclic) bond motifs is 6. The van der Waals surface area contributed by atoms with Gasteiger partial charge in [0, 0.05) is 24.3 Å². The van der Waals surface area contributed by atoms with E-state index in [0.29, 0.717) is 17.8 Å². The van der Waals surface area contributed by atoms with Gasteiger partial charge < -0.3 is 4.74 Å². The van der Waals surface area contributed by atoms with Crippen molar-refractivity contribution in [2.75, 3.05) is 12.0 Å². The van der Waals surface area contributed by atoms with E-state index >= 15 is 0 Å². The second kappa shape index (κ2) is 4.81. The third kappa shape index (κ3) is 1.71. The molecule has 2 saturated carbocycles. The fourth-order valence-corrected chi connectivity index (χ4v) is 5.51. The zero-order valence-corrected chi connectivity index (χ0v) is 13.3. The van der Waals surface area contributed by atoms with Gasteiger partial charge in [-0.15, -0.1) is 0 Å². The smallest absolute Gasteiger partial charge is 0.232 e. The van der Waals surface area contributed by atoms with Crippen LogP contribution in [0.5, 0.6) is 0 Å². The van der Waals surface area contributed by atoms with E-state index in [4.69, 9.17) is 4.74 Å². The lowest BCUT2D eigenvalue weighted by Gasteiger charge is -2.30. The quantitative estimate of drug-likeness (QED) is 0.844. The topological polar surface area (TPSA) is 29.5 Å². The lowest BCUT2D eigenvalue weighted by Crippen LogP contribution is -2.38. The molecule has 1 heterocycles. The Kier molecular flexibility index (Phi) is 2.84. The molecule has 1 amide bonds. The summed E-state index contributed by atoms with van der Waals surface area (Å²) in [7, 11) is 1.75. The summed E-state index contributed by atoms with van der Waals surface area (Å²) in [5.74, 6) is 2.09. The Morgan fingerprint density at radius 2 is 1.83 bits per heavy atom. The van der Waals surface area contributed by atoms with Gasteiger partial charge in [-0.3, -0.25) is 9.69 Å². The summed E-state index contributed by atoms with van der Waals surface area (Å²) < 4.78 is 5.87. The first-order valence-corrected chi connectivity index (χ1v) is 8.63. The molecule has 3 nitrogen and oxygen atoms in total. The highest BCUT2D eigenvalue weighted by Gasteiger charge is 2.61. The minimum absolute atomic E-state index is 0.103. The van der Waals surface area contributed by atoms with Crippen LogP contribution >= 0.6 is 0 Å². The zero-order chi connectivity index (χ0) is 15.6. The van der Waals surface area contributed by atoms with Crippen LogP contribution in [-0.4, -0.2) is 19.2 Å². The van der Waals surface area contributed by atoms with Crippen LogP contribution in [0, 0.1) is 23.7 Å². The Bertz CT molecular complexity index is 781. The molecule has 1 unspecified atom stereocenters. The molecule has 1 saturated heterocycles. The van der Waals surface area contributed by atoms with E-state index in [2.05, 4.69) is 24.3 Å². The van der Waals surface area contributed by atoms with Crippen molar-refractivity contribution >= 4 is 22.4 Å². The van der Waals surface area contributed by atoms with Gasteiger partial charge in [0.25, 0.3) is 0 Å². The monoisotopic (exact) mass is 307 g/mol. The highest BCUT2D eigenvalue weighted by atomic mass is 16.5. The normalized spacial score (nSPS) is 35.3. The van der Waals surface area contributed by atoms with Crippen LogP contribution in [0.3, 0.4) is 0 Å². The maximum absolute atomic E-state index is 13.2. The number of methoxy groups -OCH3 is 1. The Morgan fingerprint density at radius 1 is 1.04 bits per heavy atom. The molecule has 0 radical (unpaired) electrons. The van der Waals surface area contributed by atoms with Crippen LogP contribution in [0.1, 0.15) is 19.3 Å². The molecule has 2 aromatic carbocycles. The number of benzene rings is 2. The van der Waals surface area contributed by atoms with E-state index in [1.165, 1.54) is 24.6 Å². The van der Waals surface area contributed by atoms with Gasteiger partial charge in [-0.2, -0.15) is 0 Å². The SMILES string of the molecule is COC1[C@H]2[C@H]3CC[C@H](C3)[C@H]2C(=O)N1c1cccc2ccccc12. The van der Waals surface area contributed by atoms with E-state index < -0.39 is 0 Å².